The van der Waals surface area contributed by atoms with Crippen molar-refractivity contribution in [1.82, 2.24) is 10.2 Å². The molecule has 0 saturated heterocycles. The average molecular weight is 353 g/mol. The van der Waals surface area contributed by atoms with Gasteiger partial charge in [0.25, 0.3) is 5.91 Å². The van der Waals surface area contributed by atoms with Crippen LogP contribution in [0.15, 0.2) is 54.6 Å². The van der Waals surface area contributed by atoms with Gasteiger partial charge in [0.2, 0.25) is 5.13 Å². The quantitative estimate of drug-likeness (QED) is 0.722. The van der Waals surface area contributed by atoms with E-state index in [1.54, 1.807) is 6.92 Å². The summed E-state index contributed by atoms with van der Waals surface area (Å²) in [6, 6.07) is 17.5. The highest BCUT2D eigenvalue weighted by atomic mass is 32.1. The van der Waals surface area contributed by atoms with Crippen LogP contribution in [-0.2, 0) is 11.2 Å². The molecule has 0 saturated carbocycles. The van der Waals surface area contributed by atoms with E-state index in [0.29, 0.717) is 5.13 Å². The topological polar surface area (TPSA) is 64.1 Å². The van der Waals surface area contributed by atoms with Crippen molar-refractivity contribution in [2.75, 3.05) is 5.32 Å². The van der Waals surface area contributed by atoms with E-state index in [2.05, 4.69) is 22.4 Å². The van der Waals surface area contributed by atoms with Crippen molar-refractivity contribution in [2.45, 2.75) is 26.4 Å². The number of aryl methyl sites for hydroxylation is 1. The number of amides is 1. The van der Waals surface area contributed by atoms with Gasteiger partial charge in [-0.25, -0.2) is 0 Å². The van der Waals surface area contributed by atoms with E-state index in [-0.39, 0.29) is 5.91 Å². The summed E-state index contributed by atoms with van der Waals surface area (Å²) in [7, 11) is 0. The van der Waals surface area contributed by atoms with Crippen LogP contribution in [0.1, 0.15) is 19.4 Å². The molecule has 2 aromatic carbocycles. The largest absolute Gasteiger partial charge is 0.481 e. The van der Waals surface area contributed by atoms with E-state index in [4.69, 9.17) is 4.74 Å². The second-order valence-corrected chi connectivity index (χ2v) is 6.47. The Balaban J connectivity index is 1.65. The number of anilines is 1. The van der Waals surface area contributed by atoms with Gasteiger partial charge in [0.05, 0.1) is 0 Å². The summed E-state index contributed by atoms with van der Waals surface area (Å²) in [5, 5.41) is 12.2. The SMILES string of the molecule is CCc1ccccc1O[C@@H](C)C(=O)Nc1nnc(-c2ccccc2)s1. The fraction of sp³-hybridized carbons (Fsp3) is 0.211. The first kappa shape index (κ1) is 17.1. The van der Waals surface area contributed by atoms with Crippen LogP contribution in [0.2, 0.25) is 0 Å². The number of nitrogens with one attached hydrogen (secondary N) is 1. The van der Waals surface area contributed by atoms with E-state index >= 15 is 0 Å². The highest BCUT2D eigenvalue weighted by Crippen LogP contribution is 2.26. The minimum Gasteiger partial charge on any atom is -0.481 e. The molecule has 0 spiro atoms. The van der Waals surface area contributed by atoms with Gasteiger partial charge in [0.1, 0.15) is 10.8 Å². The van der Waals surface area contributed by atoms with Gasteiger partial charge in [-0.3, -0.25) is 10.1 Å². The minimum absolute atomic E-state index is 0.248. The third-order valence-corrected chi connectivity index (χ3v) is 4.59. The molecule has 1 atom stereocenters. The number of hydrogen-bond acceptors (Lipinski definition) is 5. The Labute approximate surface area is 150 Å². The van der Waals surface area contributed by atoms with Crippen LogP contribution in [0.3, 0.4) is 0 Å². The van der Waals surface area contributed by atoms with Crippen LogP contribution in [0.4, 0.5) is 5.13 Å². The first-order chi connectivity index (χ1) is 12.2. The molecule has 1 heterocycles. The maximum atomic E-state index is 12.4. The molecule has 0 bridgehead atoms. The van der Waals surface area contributed by atoms with Gasteiger partial charge in [-0.1, -0.05) is 66.8 Å². The van der Waals surface area contributed by atoms with Gasteiger partial charge in [-0.2, -0.15) is 0 Å². The predicted octanol–water partition coefficient (Wildman–Crippen LogP) is 4.17. The van der Waals surface area contributed by atoms with Gasteiger partial charge in [0, 0.05) is 5.56 Å². The van der Waals surface area contributed by atoms with Crippen molar-refractivity contribution in [3.8, 4) is 16.3 Å². The predicted molar refractivity (Wildman–Crippen MR) is 99.9 cm³/mol. The Kier molecular flexibility index (Phi) is 5.40. The van der Waals surface area contributed by atoms with Crippen molar-refractivity contribution in [1.29, 1.82) is 0 Å². The van der Waals surface area contributed by atoms with E-state index in [1.165, 1.54) is 11.3 Å². The number of aromatic nitrogens is 2. The van der Waals surface area contributed by atoms with Crippen molar-refractivity contribution in [2.24, 2.45) is 0 Å². The first-order valence-corrected chi connectivity index (χ1v) is 8.93. The Morgan fingerprint density at radius 1 is 1.12 bits per heavy atom. The number of hydrogen-bond donors (Lipinski definition) is 1. The standard InChI is InChI=1S/C19H19N3O2S/c1-3-14-9-7-8-12-16(14)24-13(2)17(23)20-19-22-21-18(25-19)15-10-5-4-6-11-15/h4-13H,3H2,1-2H3,(H,20,22,23)/t13-/m0/s1. The zero-order valence-electron chi connectivity index (χ0n) is 14.1. The molecule has 0 unspecified atom stereocenters. The maximum Gasteiger partial charge on any atom is 0.266 e. The first-order valence-electron chi connectivity index (χ1n) is 8.11. The Hall–Kier alpha value is -2.73. The fourth-order valence-corrected chi connectivity index (χ4v) is 3.09. The zero-order chi connectivity index (χ0) is 17.6. The molecule has 0 aliphatic heterocycles. The lowest BCUT2D eigenvalue weighted by Crippen LogP contribution is -2.30. The summed E-state index contributed by atoms with van der Waals surface area (Å²) in [5.41, 5.74) is 2.05. The van der Waals surface area contributed by atoms with E-state index < -0.39 is 6.10 Å². The lowest BCUT2D eigenvalue weighted by molar-refractivity contribution is -0.122. The van der Waals surface area contributed by atoms with Crippen molar-refractivity contribution in [3.63, 3.8) is 0 Å². The number of nitrogens with zero attached hydrogens (tertiary/aromatic N) is 2. The second kappa shape index (κ2) is 7.90. The van der Waals surface area contributed by atoms with Crippen LogP contribution in [0.5, 0.6) is 5.75 Å². The van der Waals surface area contributed by atoms with E-state index in [1.807, 2.05) is 54.6 Å². The molecule has 128 valence electrons. The molecule has 5 nitrogen and oxygen atoms in total. The summed E-state index contributed by atoms with van der Waals surface area (Å²) in [4.78, 5) is 12.4. The number of carbonyl (C=O) groups excluding carboxylic acids is 1. The zero-order valence-corrected chi connectivity index (χ0v) is 14.9. The maximum absolute atomic E-state index is 12.4. The molecular formula is C19H19N3O2S. The van der Waals surface area contributed by atoms with E-state index in [9.17, 15) is 4.79 Å². The third-order valence-electron chi connectivity index (χ3n) is 3.70. The van der Waals surface area contributed by atoms with Crippen molar-refractivity contribution >= 4 is 22.4 Å². The molecule has 0 radical (unpaired) electrons. The monoisotopic (exact) mass is 353 g/mol. The average Bonchev–Trinajstić information content (AvgIpc) is 3.11. The molecule has 25 heavy (non-hydrogen) atoms. The van der Waals surface area contributed by atoms with Crippen LogP contribution < -0.4 is 10.1 Å². The smallest absolute Gasteiger partial charge is 0.266 e. The lowest BCUT2D eigenvalue weighted by Gasteiger charge is -2.15. The highest BCUT2D eigenvalue weighted by Gasteiger charge is 2.18. The molecule has 6 heteroatoms. The molecular weight excluding hydrogens is 334 g/mol. The number of rotatable bonds is 6. The third kappa shape index (κ3) is 4.22. The summed E-state index contributed by atoms with van der Waals surface area (Å²) < 4.78 is 5.81. The van der Waals surface area contributed by atoms with Gasteiger partial charge >= 0.3 is 0 Å². The van der Waals surface area contributed by atoms with Crippen LogP contribution in [-0.4, -0.2) is 22.2 Å². The van der Waals surface area contributed by atoms with Crippen LogP contribution >= 0.6 is 11.3 Å². The Bertz CT molecular complexity index is 849. The molecule has 0 fully saturated rings. The Morgan fingerprint density at radius 2 is 1.84 bits per heavy atom. The number of ether oxygens (including phenoxy) is 1. The molecule has 1 N–H and O–H groups in total. The second-order valence-electron chi connectivity index (χ2n) is 5.49. The number of carbonyl (C=O) groups is 1. The van der Waals surface area contributed by atoms with Gasteiger partial charge in [-0.15, -0.1) is 10.2 Å². The normalized spacial score (nSPS) is 11.8. The lowest BCUT2D eigenvalue weighted by atomic mass is 10.1. The molecule has 0 aliphatic rings. The summed E-state index contributed by atoms with van der Waals surface area (Å²) in [6.45, 7) is 3.78. The van der Waals surface area contributed by atoms with Gasteiger partial charge in [0.15, 0.2) is 6.10 Å². The Morgan fingerprint density at radius 3 is 2.60 bits per heavy atom. The van der Waals surface area contributed by atoms with Gasteiger partial charge in [-0.05, 0) is 25.0 Å². The summed E-state index contributed by atoms with van der Waals surface area (Å²) >= 11 is 1.34. The molecule has 3 aromatic rings. The van der Waals surface area contributed by atoms with Crippen LogP contribution in [0, 0.1) is 0 Å². The molecule has 1 aromatic heterocycles. The van der Waals surface area contributed by atoms with Crippen molar-refractivity contribution < 1.29 is 9.53 Å². The fourth-order valence-electron chi connectivity index (χ4n) is 2.33. The molecule has 1 amide bonds. The highest BCUT2D eigenvalue weighted by molar-refractivity contribution is 7.18. The summed E-state index contributed by atoms with van der Waals surface area (Å²) in [5.74, 6) is 0.483. The number of benzene rings is 2. The van der Waals surface area contributed by atoms with Crippen LogP contribution in [0.25, 0.3) is 10.6 Å². The minimum atomic E-state index is -0.628. The van der Waals surface area contributed by atoms with Gasteiger partial charge < -0.3 is 4.74 Å². The summed E-state index contributed by atoms with van der Waals surface area (Å²) in [6.07, 6.45) is 0.221. The van der Waals surface area contributed by atoms with Crippen molar-refractivity contribution in [3.05, 3.63) is 60.2 Å². The number of para-hydroxylation sites is 1. The molecule has 3 rings (SSSR count). The van der Waals surface area contributed by atoms with E-state index in [0.717, 1.165) is 28.3 Å². The molecule has 0 aliphatic carbocycles.